The number of likely N-dealkylation sites (N-methyl/N-ethyl adjacent to an activating group) is 1. The lowest BCUT2D eigenvalue weighted by Crippen LogP contribution is -2.30. The first-order valence-corrected chi connectivity index (χ1v) is 9.47. The topological polar surface area (TPSA) is 32.3 Å². The fourth-order valence-electron chi connectivity index (χ4n) is 2.59. The van der Waals surface area contributed by atoms with Gasteiger partial charge in [0.25, 0.3) is 0 Å². The maximum Gasteiger partial charge on any atom is 0.238 e. The van der Waals surface area contributed by atoms with E-state index < -0.39 is 0 Å². The van der Waals surface area contributed by atoms with E-state index in [2.05, 4.69) is 59.4 Å². The second-order valence-electron chi connectivity index (χ2n) is 5.58. The molecule has 2 rings (SSSR count). The summed E-state index contributed by atoms with van der Waals surface area (Å²) < 4.78 is 1.12. The number of amides is 1. The van der Waals surface area contributed by atoms with Crippen molar-refractivity contribution in [3.63, 3.8) is 0 Å². The number of thiophene rings is 1. The average molecular weight is 395 g/mol. The molecule has 1 aromatic heterocycles. The summed E-state index contributed by atoms with van der Waals surface area (Å²) in [5.74, 6) is 0.0405. The lowest BCUT2D eigenvalue weighted by atomic mass is 10.0. The van der Waals surface area contributed by atoms with Crippen molar-refractivity contribution in [2.75, 3.05) is 18.9 Å². The molecule has 0 saturated heterocycles. The molecule has 124 valence electrons. The van der Waals surface area contributed by atoms with Crippen molar-refractivity contribution >= 4 is 38.9 Å². The van der Waals surface area contributed by atoms with E-state index in [1.807, 2.05) is 18.0 Å². The largest absolute Gasteiger partial charge is 0.324 e. The van der Waals surface area contributed by atoms with Crippen molar-refractivity contribution in [3.05, 3.63) is 50.1 Å². The molecule has 23 heavy (non-hydrogen) atoms. The maximum atomic E-state index is 12.4. The van der Waals surface area contributed by atoms with Crippen molar-refractivity contribution in [2.24, 2.45) is 0 Å². The summed E-state index contributed by atoms with van der Waals surface area (Å²) in [4.78, 5) is 15.7. The quantitative estimate of drug-likeness (QED) is 0.737. The van der Waals surface area contributed by atoms with E-state index in [0.29, 0.717) is 6.54 Å². The Morgan fingerprint density at radius 1 is 1.17 bits per heavy atom. The number of carbonyl (C=O) groups is 1. The van der Waals surface area contributed by atoms with Crippen LogP contribution in [0.3, 0.4) is 0 Å². The number of nitrogens with one attached hydrogen (secondary N) is 1. The molecule has 1 heterocycles. The van der Waals surface area contributed by atoms with Gasteiger partial charge in [-0.2, -0.15) is 0 Å². The third-order valence-electron chi connectivity index (χ3n) is 3.73. The molecule has 0 atom stereocenters. The Labute approximate surface area is 150 Å². The highest BCUT2D eigenvalue weighted by Crippen LogP contribution is 2.24. The van der Waals surface area contributed by atoms with Crippen LogP contribution in [0.4, 0.5) is 5.69 Å². The molecule has 0 radical (unpaired) electrons. The second kappa shape index (κ2) is 8.62. The summed E-state index contributed by atoms with van der Waals surface area (Å²) in [5.41, 5.74) is 3.39. The van der Waals surface area contributed by atoms with Crippen molar-refractivity contribution in [1.29, 1.82) is 0 Å². The Hall–Kier alpha value is -1.17. The maximum absolute atomic E-state index is 12.4. The van der Waals surface area contributed by atoms with Gasteiger partial charge >= 0.3 is 0 Å². The number of carbonyl (C=O) groups excluding carboxylic acids is 1. The Bertz CT molecular complexity index is 647. The van der Waals surface area contributed by atoms with E-state index in [4.69, 9.17) is 0 Å². The zero-order chi connectivity index (χ0) is 16.8. The monoisotopic (exact) mass is 394 g/mol. The van der Waals surface area contributed by atoms with Crippen LogP contribution in [0.25, 0.3) is 0 Å². The molecule has 1 aromatic carbocycles. The van der Waals surface area contributed by atoms with Crippen LogP contribution < -0.4 is 5.32 Å². The highest BCUT2D eigenvalue weighted by molar-refractivity contribution is 9.11. The van der Waals surface area contributed by atoms with Gasteiger partial charge in [-0.05, 0) is 59.1 Å². The number of anilines is 1. The molecule has 0 aliphatic carbocycles. The molecule has 3 nitrogen and oxygen atoms in total. The number of nitrogens with zero attached hydrogens (tertiary/aromatic N) is 1. The highest BCUT2D eigenvalue weighted by atomic mass is 79.9. The number of hydrogen-bond donors (Lipinski definition) is 1. The van der Waals surface area contributed by atoms with E-state index in [-0.39, 0.29) is 5.91 Å². The summed E-state index contributed by atoms with van der Waals surface area (Å²) in [5, 5.41) is 3.12. The lowest BCUT2D eigenvalue weighted by Gasteiger charge is -2.18. The van der Waals surface area contributed by atoms with Crippen LogP contribution >= 0.6 is 27.3 Å². The summed E-state index contributed by atoms with van der Waals surface area (Å²) in [7, 11) is 1.97. The van der Waals surface area contributed by atoms with Crippen LogP contribution in [0.1, 0.15) is 29.9 Å². The SMILES string of the molecule is CCc1cccc(CC)c1NC(=O)CN(C)Cc1ccc(Br)s1. The minimum atomic E-state index is 0.0405. The average Bonchev–Trinajstić information content (AvgIpc) is 2.92. The third-order valence-corrected chi connectivity index (χ3v) is 5.34. The molecule has 0 bridgehead atoms. The Morgan fingerprint density at radius 3 is 2.35 bits per heavy atom. The molecule has 1 N–H and O–H groups in total. The highest BCUT2D eigenvalue weighted by Gasteiger charge is 2.12. The minimum absolute atomic E-state index is 0.0405. The number of rotatable bonds is 7. The molecular formula is C18H23BrN2OS. The first-order chi connectivity index (χ1) is 11.0. The van der Waals surface area contributed by atoms with E-state index in [1.165, 1.54) is 16.0 Å². The van der Waals surface area contributed by atoms with Crippen LogP contribution in [0.15, 0.2) is 34.1 Å². The molecule has 5 heteroatoms. The summed E-state index contributed by atoms with van der Waals surface area (Å²) >= 11 is 5.17. The number of para-hydroxylation sites is 1. The van der Waals surface area contributed by atoms with Gasteiger partial charge in [0.15, 0.2) is 0 Å². The Balaban J connectivity index is 1.99. The van der Waals surface area contributed by atoms with Gasteiger partial charge in [-0.3, -0.25) is 9.69 Å². The molecule has 1 amide bonds. The first kappa shape index (κ1) is 18.2. The van der Waals surface area contributed by atoms with E-state index in [0.717, 1.165) is 28.9 Å². The van der Waals surface area contributed by atoms with Crippen molar-refractivity contribution < 1.29 is 4.79 Å². The molecule has 0 unspecified atom stereocenters. The van der Waals surface area contributed by atoms with Gasteiger partial charge in [-0.25, -0.2) is 0 Å². The molecular weight excluding hydrogens is 372 g/mol. The first-order valence-electron chi connectivity index (χ1n) is 7.86. The molecule has 2 aromatic rings. The zero-order valence-corrected chi connectivity index (χ0v) is 16.3. The zero-order valence-electron chi connectivity index (χ0n) is 13.9. The van der Waals surface area contributed by atoms with E-state index in [1.54, 1.807) is 11.3 Å². The van der Waals surface area contributed by atoms with Gasteiger partial charge in [-0.1, -0.05) is 32.0 Å². The van der Waals surface area contributed by atoms with Gasteiger partial charge in [-0.15, -0.1) is 11.3 Å². The molecule has 0 aliphatic heterocycles. The predicted octanol–water partition coefficient (Wildman–Crippen LogP) is 4.71. The Morgan fingerprint density at radius 2 is 1.83 bits per heavy atom. The summed E-state index contributed by atoms with van der Waals surface area (Å²) in [6.45, 7) is 5.40. The molecule has 0 saturated carbocycles. The smallest absolute Gasteiger partial charge is 0.238 e. The van der Waals surface area contributed by atoms with Crippen molar-refractivity contribution in [1.82, 2.24) is 4.90 Å². The normalized spacial score (nSPS) is 11.0. The standard InChI is InChI=1S/C18H23BrN2OS/c1-4-13-7-6-8-14(5-2)18(13)20-17(22)12-21(3)11-15-9-10-16(19)23-15/h6-10H,4-5,11-12H2,1-3H3,(H,20,22). The lowest BCUT2D eigenvalue weighted by molar-refractivity contribution is -0.117. The second-order valence-corrected chi connectivity index (χ2v) is 8.13. The van der Waals surface area contributed by atoms with Crippen LogP contribution in [0, 0.1) is 0 Å². The van der Waals surface area contributed by atoms with E-state index in [9.17, 15) is 4.79 Å². The molecule has 0 fully saturated rings. The number of halogens is 1. The van der Waals surface area contributed by atoms with Gasteiger partial charge in [0.1, 0.15) is 0 Å². The van der Waals surface area contributed by atoms with Crippen molar-refractivity contribution in [2.45, 2.75) is 33.2 Å². The molecule has 0 spiro atoms. The number of benzene rings is 1. The van der Waals surface area contributed by atoms with Gasteiger partial charge in [0.2, 0.25) is 5.91 Å². The van der Waals surface area contributed by atoms with Crippen LogP contribution in [-0.4, -0.2) is 24.4 Å². The third kappa shape index (κ3) is 5.16. The van der Waals surface area contributed by atoms with E-state index >= 15 is 0 Å². The predicted molar refractivity (Wildman–Crippen MR) is 102 cm³/mol. The van der Waals surface area contributed by atoms with Gasteiger partial charge in [0.05, 0.1) is 10.3 Å². The minimum Gasteiger partial charge on any atom is -0.324 e. The fourth-order valence-corrected chi connectivity index (χ4v) is 4.15. The summed E-state index contributed by atoms with van der Waals surface area (Å²) in [6, 6.07) is 10.4. The van der Waals surface area contributed by atoms with Crippen LogP contribution in [-0.2, 0) is 24.2 Å². The number of hydrogen-bond acceptors (Lipinski definition) is 3. The van der Waals surface area contributed by atoms with Crippen LogP contribution in [0.2, 0.25) is 0 Å². The van der Waals surface area contributed by atoms with Gasteiger partial charge < -0.3 is 5.32 Å². The van der Waals surface area contributed by atoms with Gasteiger partial charge in [0, 0.05) is 17.1 Å². The molecule has 0 aliphatic rings. The Kier molecular flexibility index (Phi) is 6.81. The fraction of sp³-hybridized carbons (Fsp3) is 0.389. The summed E-state index contributed by atoms with van der Waals surface area (Å²) in [6.07, 6.45) is 1.84. The number of aryl methyl sites for hydroxylation is 2. The van der Waals surface area contributed by atoms with Crippen molar-refractivity contribution in [3.8, 4) is 0 Å². The van der Waals surface area contributed by atoms with Crippen LogP contribution in [0.5, 0.6) is 0 Å².